The molecule has 90 valence electrons. The molecule has 4 heteroatoms. The molecule has 0 aliphatic heterocycles. The number of nitriles is 1. The van der Waals surface area contributed by atoms with Crippen LogP contribution in [0.5, 0.6) is 0 Å². The molecular weight excluding hydrogens is 254 g/mol. The third kappa shape index (κ3) is 2.42. The van der Waals surface area contributed by atoms with Gasteiger partial charge in [0.25, 0.3) is 0 Å². The monoisotopic (exact) mass is 263 g/mol. The molecule has 2 heterocycles. The van der Waals surface area contributed by atoms with E-state index < -0.39 is 0 Å². The lowest BCUT2D eigenvalue weighted by molar-refractivity contribution is 1.15. The number of hydrogen-bond acceptors (Lipinski definition) is 4. The molecule has 0 atom stereocenters. The predicted octanol–water partition coefficient (Wildman–Crippen LogP) is 3.65. The molecular formula is C15H9N3S. The molecule has 0 N–H and O–H groups in total. The second kappa shape index (κ2) is 5.09. The first-order valence-electron chi connectivity index (χ1n) is 5.74. The van der Waals surface area contributed by atoms with Crippen molar-refractivity contribution in [3.05, 3.63) is 60.4 Å². The lowest BCUT2D eigenvalue weighted by Gasteiger charge is -2.05. The highest BCUT2D eigenvalue weighted by Crippen LogP contribution is 2.30. The topological polar surface area (TPSA) is 49.6 Å². The van der Waals surface area contributed by atoms with Gasteiger partial charge in [-0.1, -0.05) is 30.0 Å². The van der Waals surface area contributed by atoms with Crippen molar-refractivity contribution in [3.8, 4) is 6.07 Å². The fraction of sp³-hybridized carbons (Fsp3) is 0. The first-order chi connectivity index (χ1) is 9.36. The van der Waals surface area contributed by atoms with Gasteiger partial charge in [0.15, 0.2) is 0 Å². The Labute approximate surface area is 114 Å². The number of benzene rings is 1. The van der Waals surface area contributed by atoms with Crippen LogP contribution in [0.1, 0.15) is 5.56 Å². The highest BCUT2D eigenvalue weighted by molar-refractivity contribution is 7.99. The molecule has 0 unspecified atom stereocenters. The fourth-order valence-corrected chi connectivity index (χ4v) is 2.61. The molecule has 19 heavy (non-hydrogen) atoms. The van der Waals surface area contributed by atoms with Crippen molar-refractivity contribution in [2.24, 2.45) is 0 Å². The summed E-state index contributed by atoms with van der Waals surface area (Å²) in [7, 11) is 0. The van der Waals surface area contributed by atoms with Crippen molar-refractivity contribution >= 4 is 22.7 Å². The lowest BCUT2D eigenvalue weighted by atomic mass is 10.2. The van der Waals surface area contributed by atoms with Crippen LogP contribution in [0.3, 0.4) is 0 Å². The van der Waals surface area contributed by atoms with Gasteiger partial charge in [-0.15, -0.1) is 0 Å². The molecule has 0 fully saturated rings. The van der Waals surface area contributed by atoms with Gasteiger partial charge in [-0.3, -0.25) is 4.98 Å². The minimum atomic E-state index is 0.598. The van der Waals surface area contributed by atoms with Gasteiger partial charge in [0.05, 0.1) is 11.1 Å². The van der Waals surface area contributed by atoms with E-state index >= 15 is 0 Å². The normalized spacial score (nSPS) is 10.3. The summed E-state index contributed by atoms with van der Waals surface area (Å²) in [5.41, 5.74) is 1.50. The van der Waals surface area contributed by atoms with Crippen molar-refractivity contribution in [1.29, 1.82) is 5.26 Å². The lowest BCUT2D eigenvalue weighted by Crippen LogP contribution is -1.88. The maximum atomic E-state index is 9.24. The Kier molecular flexibility index (Phi) is 3.13. The molecule has 0 saturated heterocycles. The number of rotatable bonds is 2. The zero-order valence-corrected chi connectivity index (χ0v) is 10.8. The van der Waals surface area contributed by atoms with E-state index in [1.165, 1.54) is 11.8 Å². The van der Waals surface area contributed by atoms with Crippen molar-refractivity contribution in [1.82, 2.24) is 9.97 Å². The van der Waals surface area contributed by atoms with Crippen LogP contribution in [0.2, 0.25) is 0 Å². The number of nitrogens with zero attached hydrogens (tertiary/aromatic N) is 3. The van der Waals surface area contributed by atoms with Gasteiger partial charge in [0.1, 0.15) is 11.1 Å². The van der Waals surface area contributed by atoms with E-state index in [9.17, 15) is 5.26 Å². The van der Waals surface area contributed by atoms with Crippen molar-refractivity contribution in [2.45, 2.75) is 9.92 Å². The van der Waals surface area contributed by atoms with Crippen LogP contribution >= 0.6 is 11.8 Å². The molecule has 0 saturated carbocycles. The largest absolute Gasteiger partial charge is 0.265 e. The number of fused-ring (bicyclic) bond motifs is 1. The van der Waals surface area contributed by atoms with E-state index in [4.69, 9.17) is 0 Å². The summed E-state index contributed by atoms with van der Waals surface area (Å²) in [6.45, 7) is 0. The standard InChI is InChI=1S/C15H9N3S/c16-10-12-9-11-3-1-2-4-14(11)18-15(12)19-13-5-7-17-8-6-13/h1-9H. The van der Waals surface area contributed by atoms with E-state index in [1.54, 1.807) is 12.4 Å². The predicted molar refractivity (Wildman–Crippen MR) is 74.8 cm³/mol. The maximum Gasteiger partial charge on any atom is 0.119 e. The molecule has 0 bridgehead atoms. The Bertz CT molecular complexity index is 763. The Morgan fingerprint density at radius 3 is 2.63 bits per heavy atom. The third-order valence-electron chi connectivity index (χ3n) is 2.67. The molecule has 1 aromatic carbocycles. The second-order valence-corrected chi connectivity index (χ2v) is 4.99. The quantitative estimate of drug-likeness (QED) is 0.708. The SMILES string of the molecule is N#Cc1cc2ccccc2nc1Sc1ccncc1. The molecule has 3 aromatic rings. The summed E-state index contributed by atoms with van der Waals surface area (Å²) in [5.74, 6) is 0. The van der Waals surface area contributed by atoms with Gasteiger partial charge in [-0.25, -0.2) is 4.98 Å². The molecule has 3 rings (SSSR count). The van der Waals surface area contributed by atoms with Crippen LogP contribution in [0.4, 0.5) is 0 Å². The number of pyridine rings is 2. The second-order valence-electron chi connectivity index (χ2n) is 3.93. The van der Waals surface area contributed by atoms with Gasteiger partial charge >= 0.3 is 0 Å². The highest BCUT2D eigenvalue weighted by Gasteiger charge is 2.08. The summed E-state index contributed by atoms with van der Waals surface area (Å²) in [4.78, 5) is 9.56. The number of para-hydroxylation sites is 1. The zero-order valence-electron chi connectivity index (χ0n) is 9.95. The van der Waals surface area contributed by atoms with E-state index in [2.05, 4.69) is 16.0 Å². The van der Waals surface area contributed by atoms with Gasteiger partial charge in [0.2, 0.25) is 0 Å². The molecule has 0 aliphatic carbocycles. The molecule has 0 aliphatic rings. The average Bonchev–Trinajstić information content (AvgIpc) is 2.47. The third-order valence-corrected chi connectivity index (χ3v) is 3.69. The molecule has 0 amide bonds. The highest BCUT2D eigenvalue weighted by atomic mass is 32.2. The Balaban J connectivity index is 2.10. The Hall–Kier alpha value is -2.38. The minimum absolute atomic E-state index is 0.598. The van der Waals surface area contributed by atoms with E-state index in [-0.39, 0.29) is 0 Å². The first-order valence-corrected chi connectivity index (χ1v) is 6.56. The number of aromatic nitrogens is 2. The number of hydrogen-bond donors (Lipinski definition) is 0. The summed E-state index contributed by atoms with van der Waals surface area (Å²) >= 11 is 1.48. The molecule has 0 spiro atoms. The zero-order chi connectivity index (χ0) is 13.1. The van der Waals surface area contributed by atoms with Crippen LogP contribution in [0.25, 0.3) is 10.9 Å². The van der Waals surface area contributed by atoms with Gasteiger partial charge in [-0.05, 0) is 24.3 Å². The van der Waals surface area contributed by atoms with Crippen LogP contribution in [-0.2, 0) is 0 Å². The molecule has 0 radical (unpaired) electrons. The van der Waals surface area contributed by atoms with Crippen molar-refractivity contribution in [3.63, 3.8) is 0 Å². The Morgan fingerprint density at radius 1 is 1.05 bits per heavy atom. The van der Waals surface area contributed by atoms with E-state index in [0.29, 0.717) is 5.56 Å². The first kappa shape index (κ1) is 11.7. The van der Waals surface area contributed by atoms with Crippen LogP contribution in [-0.4, -0.2) is 9.97 Å². The van der Waals surface area contributed by atoms with Crippen LogP contribution < -0.4 is 0 Å². The summed E-state index contributed by atoms with van der Waals surface area (Å²) in [6.07, 6.45) is 3.46. The maximum absolute atomic E-state index is 9.24. The van der Waals surface area contributed by atoms with Crippen molar-refractivity contribution < 1.29 is 0 Å². The fourth-order valence-electron chi connectivity index (χ4n) is 1.77. The van der Waals surface area contributed by atoms with E-state index in [1.807, 2.05) is 42.5 Å². The van der Waals surface area contributed by atoms with Crippen LogP contribution in [0.15, 0.2) is 64.8 Å². The summed E-state index contributed by atoms with van der Waals surface area (Å²) in [5, 5.41) is 11.0. The minimum Gasteiger partial charge on any atom is -0.265 e. The van der Waals surface area contributed by atoms with Crippen LogP contribution in [0, 0.1) is 11.3 Å². The van der Waals surface area contributed by atoms with Gasteiger partial charge in [-0.2, -0.15) is 5.26 Å². The molecule has 3 nitrogen and oxygen atoms in total. The summed E-state index contributed by atoms with van der Waals surface area (Å²) in [6, 6.07) is 15.7. The average molecular weight is 263 g/mol. The smallest absolute Gasteiger partial charge is 0.119 e. The summed E-state index contributed by atoms with van der Waals surface area (Å²) < 4.78 is 0. The van der Waals surface area contributed by atoms with Crippen molar-refractivity contribution in [2.75, 3.05) is 0 Å². The molecule has 2 aromatic heterocycles. The van der Waals surface area contributed by atoms with Gasteiger partial charge < -0.3 is 0 Å². The van der Waals surface area contributed by atoms with E-state index in [0.717, 1.165) is 20.8 Å². The van der Waals surface area contributed by atoms with Gasteiger partial charge in [0, 0.05) is 22.7 Å². The Morgan fingerprint density at radius 2 is 1.84 bits per heavy atom.